The van der Waals surface area contributed by atoms with Crippen LogP contribution in [0, 0.1) is 19.7 Å². The number of halogens is 2. The van der Waals surface area contributed by atoms with Crippen molar-refractivity contribution in [2.75, 3.05) is 25.6 Å². The average Bonchev–Trinajstić information content (AvgIpc) is 2.37. The largest absolute Gasteiger partial charge is 0.378 e. The SMILES string of the molecule is Cc1cc(F)cc(C)c1S(=O)(=O)N1CCOCC1CCl. The van der Waals surface area contributed by atoms with Crippen LogP contribution in [-0.4, -0.2) is 44.4 Å². The second-order valence-electron chi connectivity index (χ2n) is 4.87. The number of sulfonamides is 1. The van der Waals surface area contributed by atoms with Crippen molar-refractivity contribution in [3.8, 4) is 0 Å². The highest BCUT2D eigenvalue weighted by Crippen LogP contribution is 2.27. The second-order valence-corrected chi connectivity index (χ2v) is 7.00. The fraction of sp³-hybridized carbons (Fsp3) is 0.538. The number of benzene rings is 1. The van der Waals surface area contributed by atoms with Crippen molar-refractivity contribution < 1.29 is 17.5 Å². The zero-order valence-electron chi connectivity index (χ0n) is 11.4. The van der Waals surface area contributed by atoms with E-state index in [1.807, 2.05) is 0 Å². The summed E-state index contributed by atoms with van der Waals surface area (Å²) in [5, 5.41) is 0. The van der Waals surface area contributed by atoms with Crippen LogP contribution in [0.3, 0.4) is 0 Å². The molecule has 0 aliphatic carbocycles. The standard InChI is InChI=1S/C13H17ClFNO3S/c1-9-5-11(15)6-10(2)13(9)20(17,18)16-3-4-19-8-12(16)7-14/h5-6,12H,3-4,7-8H2,1-2H3. The second kappa shape index (κ2) is 5.97. The first-order valence-electron chi connectivity index (χ1n) is 6.30. The Morgan fingerprint density at radius 2 is 2.00 bits per heavy atom. The van der Waals surface area contributed by atoms with Gasteiger partial charge in [0.1, 0.15) is 5.82 Å². The van der Waals surface area contributed by atoms with Crippen LogP contribution in [0.1, 0.15) is 11.1 Å². The van der Waals surface area contributed by atoms with Crippen molar-refractivity contribution >= 4 is 21.6 Å². The Morgan fingerprint density at radius 3 is 2.55 bits per heavy atom. The summed E-state index contributed by atoms with van der Waals surface area (Å²) in [5.41, 5.74) is 0.810. The molecule has 0 N–H and O–H groups in total. The van der Waals surface area contributed by atoms with E-state index < -0.39 is 15.8 Å². The van der Waals surface area contributed by atoms with Crippen LogP contribution in [0.25, 0.3) is 0 Å². The Balaban J connectivity index is 2.49. The fourth-order valence-corrected chi connectivity index (χ4v) is 4.85. The molecule has 4 nitrogen and oxygen atoms in total. The molecular formula is C13H17ClFNO3S. The van der Waals surface area contributed by atoms with Gasteiger partial charge in [0.2, 0.25) is 10.0 Å². The maximum atomic E-state index is 13.3. The molecule has 1 aliphatic heterocycles. The molecule has 112 valence electrons. The number of nitrogens with zero attached hydrogens (tertiary/aromatic N) is 1. The predicted octanol–water partition coefficient (Wildman–Crippen LogP) is 2.07. The molecule has 0 bridgehead atoms. The van der Waals surface area contributed by atoms with E-state index in [1.165, 1.54) is 16.4 Å². The highest BCUT2D eigenvalue weighted by molar-refractivity contribution is 7.89. The Morgan fingerprint density at radius 1 is 1.40 bits per heavy atom. The quantitative estimate of drug-likeness (QED) is 0.801. The predicted molar refractivity (Wildman–Crippen MR) is 75.1 cm³/mol. The van der Waals surface area contributed by atoms with E-state index in [9.17, 15) is 12.8 Å². The number of hydrogen-bond donors (Lipinski definition) is 0. The van der Waals surface area contributed by atoms with E-state index in [0.29, 0.717) is 17.7 Å². The van der Waals surface area contributed by atoms with Crippen molar-refractivity contribution in [3.63, 3.8) is 0 Å². The normalized spacial score (nSPS) is 21.1. The number of hydrogen-bond acceptors (Lipinski definition) is 3. The molecule has 1 atom stereocenters. The molecule has 0 amide bonds. The molecule has 1 heterocycles. The Hall–Kier alpha value is -0.690. The van der Waals surface area contributed by atoms with Crippen LogP contribution in [0.5, 0.6) is 0 Å². The number of rotatable bonds is 3. The Kier molecular flexibility index (Phi) is 4.69. The molecule has 1 saturated heterocycles. The van der Waals surface area contributed by atoms with Crippen LogP contribution in [0.15, 0.2) is 17.0 Å². The average molecular weight is 322 g/mol. The van der Waals surface area contributed by atoms with Crippen molar-refractivity contribution in [3.05, 3.63) is 29.1 Å². The topological polar surface area (TPSA) is 46.6 Å². The summed E-state index contributed by atoms with van der Waals surface area (Å²) in [5.74, 6) is -0.270. The van der Waals surface area contributed by atoms with Gasteiger partial charge in [-0.25, -0.2) is 12.8 Å². The molecule has 1 aromatic rings. The molecule has 2 rings (SSSR count). The van der Waals surface area contributed by atoms with Crippen LogP contribution in [-0.2, 0) is 14.8 Å². The van der Waals surface area contributed by atoms with E-state index in [2.05, 4.69) is 0 Å². The van der Waals surface area contributed by atoms with Crippen molar-refractivity contribution in [2.24, 2.45) is 0 Å². The molecule has 1 fully saturated rings. The van der Waals surface area contributed by atoms with Gasteiger partial charge in [-0.3, -0.25) is 0 Å². The third kappa shape index (κ3) is 2.83. The Bertz CT molecular complexity index is 583. The van der Waals surface area contributed by atoms with E-state index >= 15 is 0 Å². The highest BCUT2D eigenvalue weighted by Gasteiger charge is 2.35. The molecule has 1 aliphatic rings. The van der Waals surface area contributed by atoms with Gasteiger partial charge in [0, 0.05) is 12.4 Å². The molecule has 0 aromatic heterocycles. The number of alkyl halides is 1. The van der Waals surface area contributed by atoms with E-state index in [1.54, 1.807) is 13.8 Å². The number of ether oxygens (including phenoxy) is 1. The van der Waals surface area contributed by atoms with E-state index in [-0.39, 0.29) is 30.0 Å². The lowest BCUT2D eigenvalue weighted by atomic mass is 10.1. The van der Waals surface area contributed by atoms with Crippen LogP contribution in [0.4, 0.5) is 4.39 Å². The molecule has 0 spiro atoms. The summed E-state index contributed by atoms with van der Waals surface area (Å²) in [7, 11) is -3.70. The van der Waals surface area contributed by atoms with Crippen LogP contribution < -0.4 is 0 Å². The maximum absolute atomic E-state index is 13.3. The molecule has 20 heavy (non-hydrogen) atoms. The number of aryl methyl sites for hydroxylation is 2. The third-order valence-electron chi connectivity index (χ3n) is 3.34. The maximum Gasteiger partial charge on any atom is 0.244 e. The van der Waals surface area contributed by atoms with Crippen LogP contribution >= 0.6 is 11.6 Å². The van der Waals surface area contributed by atoms with Crippen molar-refractivity contribution in [2.45, 2.75) is 24.8 Å². The summed E-state index contributed by atoms with van der Waals surface area (Å²) in [6.07, 6.45) is 0. The van der Waals surface area contributed by atoms with Crippen molar-refractivity contribution in [1.29, 1.82) is 0 Å². The van der Waals surface area contributed by atoms with E-state index in [0.717, 1.165) is 0 Å². The minimum atomic E-state index is -3.70. The molecule has 7 heteroatoms. The molecule has 1 unspecified atom stereocenters. The van der Waals surface area contributed by atoms with E-state index in [4.69, 9.17) is 16.3 Å². The summed E-state index contributed by atoms with van der Waals surface area (Å²) in [6, 6.07) is 2.07. The Labute approximate surface area is 123 Å². The minimum Gasteiger partial charge on any atom is -0.378 e. The van der Waals surface area contributed by atoms with Crippen LogP contribution in [0.2, 0.25) is 0 Å². The number of morpholine rings is 1. The van der Waals surface area contributed by atoms with Gasteiger partial charge in [0.05, 0.1) is 24.2 Å². The van der Waals surface area contributed by atoms with Crippen molar-refractivity contribution in [1.82, 2.24) is 4.31 Å². The van der Waals surface area contributed by atoms with Gasteiger partial charge in [-0.15, -0.1) is 11.6 Å². The molecule has 1 aromatic carbocycles. The van der Waals surface area contributed by atoms with Gasteiger partial charge < -0.3 is 4.74 Å². The summed E-state index contributed by atoms with van der Waals surface area (Å²) >= 11 is 5.83. The lowest BCUT2D eigenvalue weighted by molar-refractivity contribution is 0.0404. The van der Waals surface area contributed by atoms with Gasteiger partial charge in [-0.1, -0.05) is 0 Å². The van der Waals surface area contributed by atoms with Gasteiger partial charge in [-0.2, -0.15) is 4.31 Å². The molecule has 0 radical (unpaired) electrons. The third-order valence-corrected chi connectivity index (χ3v) is 5.96. The van der Waals surface area contributed by atoms with Gasteiger partial charge in [0.15, 0.2) is 0 Å². The first kappa shape index (κ1) is 15.7. The fourth-order valence-electron chi connectivity index (χ4n) is 2.50. The monoisotopic (exact) mass is 321 g/mol. The lowest BCUT2D eigenvalue weighted by Crippen LogP contribution is -2.49. The van der Waals surface area contributed by atoms with Gasteiger partial charge in [0.25, 0.3) is 0 Å². The highest BCUT2D eigenvalue weighted by atomic mass is 35.5. The summed E-state index contributed by atoms with van der Waals surface area (Å²) < 4.78 is 45.6. The molecule has 0 saturated carbocycles. The first-order chi connectivity index (χ1) is 9.37. The minimum absolute atomic E-state index is 0.163. The first-order valence-corrected chi connectivity index (χ1v) is 8.27. The summed E-state index contributed by atoms with van der Waals surface area (Å²) in [6.45, 7) is 4.07. The zero-order chi connectivity index (χ0) is 14.9. The summed E-state index contributed by atoms with van der Waals surface area (Å²) in [4.78, 5) is 0.163. The van der Waals surface area contributed by atoms with Gasteiger partial charge in [-0.05, 0) is 37.1 Å². The lowest BCUT2D eigenvalue weighted by Gasteiger charge is -2.34. The smallest absolute Gasteiger partial charge is 0.244 e. The van der Waals surface area contributed by atoms with Gasteiger partial charge >= 0.3 is 0 Å². The zero-order valence-corrected chi connectivity index (χ0v) is 13.0. The molecular weight excluding hydrogens is 305 g/mol.